The van der Waals surface area contributed by atoms with E-state index in [1.807, 2.05) is 140 Å². The van der Waals surface area contributed by atoms with Crippen LogP contribution in [0.15, 0.2) is 97.1 Å². The molecule has 0 fully saturated rings. The van der Waals surface area contributed by atoms with Gasteiger partial charge in [0, 0.05) is 40.6 Å². The van der Waals surface area contributed by atoms with Gasteiger partial charge in [-0.2, -0.15) is 6.08 Å². The van der Waals surface area contributed by atoms with E-state index < -0.39 is 11.7 Å². The second-order valence-electron chi connectivity index (χ2n) is 18.0. The van der Waals surface area contributed by atoms with Gasteiger partial charge in [-0.1, -0.05) is 87.5 Å². The van der Waals surface area contributed by atoms with Gasteiger partial charge < -0.3 is 19.5 Å². The Balaban J connectivity index is 0.000000210. The number of anilines is 4. The monoisotopic (exact) mass is 1060 g/mol. The first-order valence-corrected chi connectivity index (χ1v) is 20.9. The number of Topliss-reactive ketones (excluding diaryl/α,β-unsaturated/α-hetero) is 1. The molecule has 0 bridgehead atoms. The minimum atomic E-state index is -0.427. The van der Waals surface area contributed by atoms with Gasteiger partial charge in [0.15, 0.2) is 0 Å². The molecular weight excluding hydrogens is 1000 g/mol. The molecular formula is C51H65N4O4Rf-. The molecule has 3 amide bonds. The van der Waals surface area contributed by atoms with Crippen molar-refractivity contribution in [2.45, 2.75) is 132 Å². The summed E-state index contributed by atoms with van der Waals surface area (Å²) < 4.78 is 0. The smallest absolute Gasteiger partial charge is 0.299 e. The Morgan fingerprint density at radius 1 is 0.550 bits per heavy atom. The van der Waals surface area contributed by atoms with E-state index in [2.05, 4.69) is 56.0 Å². The van der Waals surface area contributed by atoms with Gasteiger partial charge in [-0.15, -0.1) is 17.2 Å². The molecule has 0 spiro atoms. The van der Waals surface area contributed by atoms with Crippen molar-refractivity contribution in [2.75, 3.05) is 26.1 Å². The van der Waals surface area contributed by atoms with Crippen LogP contribution in [0.1, 0.15) is 124 Å². The fraction of sp³-hybridized carbons (Fsp3) is 0.412. The fourth-order valence-corrected chi connectivity index (χ4v) is 7.86. The third kappa shape index (κ3) is 10.0. The zero-order chi connectivity index (χ0) is 44.0. The van der Waals surface area contributed by atoms with Crippen molar-refractivity contribution in [1.29, 1.82) is 0 Å². The Kier molecular flexibility index (Phi) is 15.2. The van der Waals surface area contributed by atoms with Gasteiger partial charge in [0.25, 0.3) is 11.7 Å². The molecule has 4 heterocycles. The van der Waals surface area contributed by atoms with Crippen LogP contribution in [0.4, 0.5) is 22.7 Å². The third-order valence-corrected chi connectivity index (χ3v) is 10.3. The molecule has 0 N–H and O–H groups in total. The van der Waals surface area contributed by atoms with Gasteiger partial charge >= 0.3 is 0 Å². The first kappa shape index (κ1) is 47.9. The van der Waals surface area contributed by atoms with Crippen LogP contribution in [0.5, 0.6) is 0 Å². The van der Waals surface area contributed by atoms with E-state index in [-0.39, 0.29) is 34.5 Å². The zero-order valence-corrected chi connectivity index (χ0v) is 45.0. The van der Waals surface area contributed by atoms with Gasteiger partial charge in [0.05, 0.1) is 17.7 Å². The van der Waals surface area contributed by atoms with Crippen LogP contribution in [-0.4, -0.2) is 52.7 Å². The number of carbonyl (C=O) groups excluding carboxylic acids is 4. The van der Waals surface area contributed by atoms with Crippen LogP contribution in [0.25, 0.3) is 5.57 Å². The van der Waals surface area contributed by atoms with E-state index >= 15 is 0 Å². The van der Waals surface area contributed by atoms with Crippen molar-refractivity contribution in [3.63, 3.8) is 0 Å². The SMILES string of the molecule is CC.CC(C)(C)N1C(=O)C(=O)c2ccccc21.CC(C)(C)N1CCc2ccccc21.CC(C)N1C(=O)Cc2ccccc21.C[C-]=C1C(=O)N(C(C)(C)C)c2ccccc21.[Rf]. The third-order valence-electron chi connectivity index (χ3n) is 10.3. The number of hydrogen-bond donors (Lipinski definition) is 0. The molecule has 0 unspecified atom stereocenters. The largest absolute Gasteiger partial charge is 0.367 e. The average molecular weight is 1070 g/mol. The molecule has 4 aromatic carbocycles. The van der Waals surface area contributed by atoms with Crippen LogP contribution in [0.3, 0.4) is 0 Å². The van der Waals surface area contributed by atoms with E-state index in [4.69, 9.17) is 0 Å². The van der Waals surface area contributed by atoms with E-state index in [0.717, 1.165) is 28.2 Å². The van der Waals surface area contributed by atoms with Crippen molar-refractivity contribution < 1.29 is 19.2 Å². The number of benzene rings is 4. The number of para-hydroxylation sites is 4. The zero-order valence-electron chi connectivity index (χ0n) is 38.6. The molecule has 0 aliphatic carbocycles. The van der Waals surface area contributed by atoms with Crippen molar-refractivity contribution in [2.24, 2.45) is 0 Å². The van der Waals surface area contributed by atoms with E-state index in [9.17, 15) is 19.2 Å². The topological polar surface area (TPSA) is 81.2 Å². The number of allylic oxidation sites excluding steroid dienone is 1. The predicted octanol–water partition coefficient (Wildman–Crippen LogP) is 10.9. The maximum Gasteiger partial charge on any atom is 0.299 e. The molecule has 0 saturated heterocycles. The summed E-state index contributed by atoms with van der Waals surface area (Å²) in [4.78, 5) is 55.1. The number of nitrogens with zero attached hydrogens (tertiary/aromatic N) is 4. The van der Waals surface area contributed by atoms with Crippen molar-refractivity contribution in [3.8, 4) is 0 Å². The molecule has 0 aromatic heterocycles. The molecule has 0 saturated carbocycles. The summed E-state index contributed by atoms with van der Waals surface area (Å²) in [6.07, 6.45) is 4.76. The number of ketones is 1. The van der Waals surface area contributed by atoms with E-state index in [0.29, 0.717) is 17.6 Å². The van der Waals surface area contributed by atoms with Gasteiger partial charge in [-0.05, 0) is 124 Å². The van der Waals surface area contributed by atoms with Crippen LogP contribution in [0, 0.1) is 6.08 Å². The molecule has 9 heteroatoms. The predicted molar refractivity (Wildman–Crippen MR) is 245 cm³/mol. The summed E-state index contributed by atoms with van der Waals surface area (Å²) in [7, 11) is 0. The van der Waals surface area contributed by atoms with Crippen LogP contribution in [0.2, 0.25) is 0 Å². The summed E-state index contributed by atoms with van der Waals surface area (Å²) in [5.41, 5.74) is 8.76. The standard InChI is InChI=1S/C14H16NO.C12H13NO2.C12H17N.C11H13NO.C2H6.Rf/c1-5-10-11-8-6-7-9-12(11)15(13(10)16)14(2,3)4;1-12(2,3)13-9-7-5-4-6-8(9)10(14)11(13)15;1-12(2,3)13-9-8-10-6-4-5-7-11(10)13;1-8(2)12-10-6-4-3-5-9(10)7-11(12)13;1-2;/h6-9H,1-4H3;4-7H,1-3H3;4-7H,8-9H2,1-3H3;3-6,8H,7H2,1-2H3;1-2H3;/q-1;;;;;. The fourth-order valence-electron chi connectivity index (χ4n) is 7.86. The molecule has 0 atom stereocenters. The number of amides is 3. The van der Waals surface area contributed by atoms with Gasteiger partial charge in [-0.3, -0.25) is 19.3 Å². The number of fused-ring (bicyclic) bond motifs is 4. The van der Waals surface area contributed by atoms with Crippen molar-refractivity contribution in [3.05, 3.63) is 125 Å². The number of rotatable bonds is 1. The first-order chi connectivity index (χ1) is 27.7. The molecule has 8 rings (SSSR count). The maximum atomic E-state index is 12.3. The summed E-state index contributed by atoms with van der Waals surface area (Å²) in [6.45, 7) is 29.7. The van der Waals surface area contributed by atoms with Crippen LogP contribution < -0.4 is 19.6 Å². The van der Waals surface area contributed by atoms with E-state index in [1.54, 1.807) is 24.0 Å². The Morgan fingerprint density at radius 3 is 1.48 bits per heavy atom. The molecule has 4 aromatic rings. The Morgan fingerprint density at radius 2 is 0.983 bits per heavy atom. The quantitative estimate of drug-likeness (QED) is 0.108. The number of hydrogen-bond acceptors (Lipinski definition) is 5. The Hall–Kier alpha value is -6.50. The van der Waals surface area contributed by atoms with Crippen molar-refractivity contribution >= 4 is 51.8 Å². The maximum absolute atomic E-state index is 12.3. The second kappa shape index (κ2) is 19.0. The van der Waals surface area contributed by atoms with Gasteiger partial charge in [0.1, 0.15) is 5.91 Å². The second-order valence-corrected chi connectivity index (χ2v) is 18.0. The Bertz CT molecular complexity index is 2190. The summed E-state index contributed by atoms with van der Waals surface area (Å²) in [5.74, 6) is -0.559. The first-order valence-electron chi connectivity index (χ1n) is 20.9. The van der Waals surface area contributed by atoms with Crippen molar-refractivity contribution in [1.82, 2.24) is 0 Å². The summed E-state index contributed by atoms with van der Waals surface area (Å²) >= 11 is 0. The average Bonchev–Trinajstić information content (AvgIpc) is 3.91. The van der Waals surface area contributed by atoms with E-state index in [1.165, 1.54) is 24.2 Å². The summed E-state index contributed by atoms with van der Waals surface area (Å²) in [5, 5.41) is 0. The minimum absolute atomic E-state index is 0. The normalized spacial score (nSPS) is 15.7. The number of carbonyl (C=O) groups is 4. The molecule has 8 nitrogen and oxygen atoms in total. The van der Waals surface area contributed by atoms with Gasteiger partial charge in [0.2, 0.25) is 5.91 Å². The van der Waals surface area contributed by atoms with Gasteiger partial charge in [-0.25, -0.2) is 0 Å². The molecule has 0 radical (unpaired) electrons. The summed E-state index contributed by atoms with van der Waals surface area (Å²) in [6, 6.07) is 32.0. The Labute approximate surface area is 353 Å². The molecule has 4 aliphatic heterocycles. The van der Waals surface area contributed by atoms with Crippen LogP contribution in [-0.2, 0) is 27.2 Å². The molecule has 60 heavy (non-hydrogen) atoms. The molecule has 4 aliphatic rings. The molecule has 316 valence electrons. The minimum Gasteiger partial charge on any atom is -0.367 e. The van der Waals surface area contributed by atoms with Crippen LogP contribution >= 0.6 is 0 Å².